The van der Waals surface area contributed by atoms with Gasteiger partial charge in [0.25, 0.3) is 0 Å². The normalized spacial score (nSPS) is 18.8. The monoisotopic (exact) mass is 322 g/mol. The number of hydrogen-bond acceptors (Lipinski definition) is 4. The molecule has 2 aromatic carbocycles. The van der Waals surface area contributed by atoms with Gasteiger partial charge >= 0.3 is 0 Å². The number of hydrogen-bond donors (Lipinski definition) is 2. The smallest absolute Gasteiger partial charge is 0.119 e. The molecule has 0 aliphatic heterocycles. The predicted molar refractivity (Wildman–Crippen MR) is 92.5 cm³/mol. The first kappa shape index (κ1) is 16.5. The highest BCUT2D eigenvalue weighted by Gasteiger charge is 2.29. The highest BCUT2D eigenvalue weighted by Crippen LogP contribution is 2.31. The van der Waals surface area contributed by atoms with Gasteiger partial charge < -0.3 is 15.2 Å². The Morgan fingerprint density at radius 1 is 1.21 bits per heavy atom. The summed E-state index contributed by atoms with van der Waals surface area (Å²) in [5, 5.41) is 22.3. The summed E-state index contributed by atoms with van der Waals surface area (Å²) in [6, 6.07) is 18.2. The van der Waals surface area contributed by atoms with Gasteiger partial charge in [-0.2, -0.15) is 5.26 Å². The van der Waals surface area contributed by atoms with E-state index in [-0.39, 0.29) is 12.1 Å². The zero-order valence-corrected chi connectivity index (χ0v) is 13.6. The van der Waals surface area contributed by atoms with Crippen LogP contribution < -0.4 is 10.1 Å². The van der Waals surface area contributed by atoms with Crippen LogP contribution in [0.25, 0.3) is 0 Å². The van der Waals surface area contributed by atoms with Crippen molar-refractivity contribution in [3.05, 3.63) is 65.2 Å². The number of unbranched alkanes of at least 4 members (excludes halogenated alkanes) is 1. The Morgan fingerprint density at radius 2 is 2.08 bits per heavy atom. The van der Waals surface area contributed by atoms with Gasteiger partial charge in [0.2, 0.25) is 0 Å². The van der Waals surface area contributed by atoms with Crippen molar-refractivity contribution in [1.82, 2.24) is 5.32 Å². The summed E-state index contributed by atoms with van der Waals surface area (Å²) in [4.78, 5) is 0. The van der Waals surface area contributed by atoms with Gasteiger partial charge in [0, 0.05) is 19.4 Å². The van der Waals surface area contributed by atoms with Crippen molar-refractivity contribution in [2.24, 2.45) is 0 Å². The Morgan fingerprint density at radius 3 is 2.96 bits per heavy atom. The van der Waals surface area contributed by atoms with Crippen LogP contribution >= 0.6 is 0 Å². The number of nitrogens with zero attached hydrogens (tertiary/aromatic N) is 1. The number of nitrogens with one attached hydrogen (secondary N) is 1. The molecular weight excluding hydrogens is 300 g/mol. The highest BCUT2D eigenvalue weighted by molar-refractivity contribution is 5.36. The van der Waals surface area contributed by atoms with Gasteiger partial charge in [-0.3, -0.25) is 0 Å². The lowest BCUT2D eigenvalue weighted by Crippen LogP contribution is -2.28. The number of benzene rings is 2. The SMILES string of the molecule is N#CCCCOc1cccc(CN[C@@H]2c3ccccc3C[C@@H]2O)c1. The van der Waals surface area contributed by atoms with Crippen LogP contribution in [0.15, 0.2) is 48.5 Å². The molecule has 4 nitrogen and oxygen atoms in total. The van der Waals surface area contributed by atoms with Crippen LogP contribution in [0.5, 0.6) is 5.75 Å². The second kappa shape index (κ2) is 7.96. The lowest BCUT2D eigenvalue weighted by atomic mass is 10.1. The Balaban J connectivity index is 1.58. The van der Waals surface area contributed by atoms with E-state index >= 15 is 0 Å². The lowest BCUT2D eigenvalue weighted by Gasteiger charge is -2.18. The molecule has 0 aromatic heterocycles. The number of aliphatic hydroxyl groups excluding tert-OH is 1. The molecule has 2 N–H and O–H groups in total. The van der Waals surface area contributed by atoms with Gasteiger partial charge in [0.1, 0.15) is 5.75 Å². The van der Waals surface area contributed by atoms with Gasteiger partial charge in [0.15, 0.2) is 0 Å². The fourth-order valence-electron chi connectivity index (χ4n) is 3.13. The molecule has 0 saturated carbocycles. The molecule has 0 unspecified atom stereocenters. The first-order valence-electron chi connectivity index (χ1n) is 8.36. The number of aliphatic hydroxyl groups is 1. The van der Waals surface area contributed by atoms with E-state index in [4.69, 9.17) is 10.00 Å². The van der Waals surface area contributed by atoms with E-state index in [9.17, 15) is 5.11 Å². The van der Waals surface area contributed by atoms with E-state index in [1.807, 2.05) is 36.4 Å². The maximum atomic E-state index is 10.3. The van der Waals surface area contributed by atoms with E-state index in [1.54, 1.807) is 0 Å². The third kappa shape index (κ3) is 3.94. The van der Waals surface area contributed by atoms with Crippen molar-refractivity contribution in [3.63, 3.8) is 0 Å². The van der Waals surface area contributed by atoms with E-state index in [1.165, 1.54) is 11.1 Å². The third-order valence-electron chi connectivity index (χ3n) is 4.33. The summed E-state index contributed by atoms with van der Waals surface area (Å²) < 4.78 is 5.67. The van der Waals surface area contributed by atoms with Crippen LogP contribution in [-0.2, 0) is 13.0 Å². The number of rotatable bonds is 7. The summed E-state index contributed by atoms with van der Waals surface area (Å²) in [6.45, 7) is 1.23. The molecule has 2 atom stereocenters. The van der Waals surface area contributed by atoms with Crippen molar-refractivity contribution < 1.29 is 9.84 Å². The minimum absolute atomic E-state index is 0.0265. The molecule has 0 amide bonds. The Labute approximate surface area is 142 Å². The van der Waals surface area contributed by atoms with Crippen molar-refractivity contribution in [2.75, 3.05) is 6.61 Å². The second-order valence-electron chi connectivity index (χ2n) is 6.09. The first-order valence-corrected chi connectivity index (χ1v) is 8.36. The summed E-state index contributed by atoms with van der Waals surface area (Å²) in [7, 11) is 0. The molecule has 4 heteroatoms. The van der Waals surface area contributed by atoms with E-state index < -0.39 is 0 Å². The molecular formula is C20H22N2O2. The molecule has 0 saturated heterocycles. The quantitative estimate of drug-likeness (QED) is 0.769. The Hall–Kier alpha value is -2.35. The molecule has 1 aliphatic carbocycles. The maximum Gasteiger partial charge on any atom is 0.119 e. The van der Waals surface area contributed by atoms with Crippen LogP contribution in [0.2, 0.25) is 0 Å². The second-order valence-corrected chi connectivity index (χ2v) is 6.09. The molecule has 0 radical (unpaired) electrons. The van der Waals surface area contributed by atoms with Crippen LogP contribution in [0.1, 0.15) is 35.6 Å². The molecule has 124 valence electrons. The number of nitriles is 1. The largest absolute Gasteiger partial charge is 0.494 e. The van der Waals surface area contributed by atoms with Crippen LogP contribution in [0.3, 0.4) is 0 Å². The summed E-state index contributed by atoms with van der Waals surface area (Å²) in [6.07, 6.45) is 1.58. The average Bonchev–Trinajstić information content (AvgIpc) is 2.92. The maximum absolute atomic E-state index is 10.3. The van der Waals surface area contributed by atoms with E-state index in [0.717, 1.165) is 17.7 Å². The van der Waals surface area contributed by atoms with Crippen LogP contribution in [0.4, 0.5) is 0 Å². The summed E-state index contributed by atoms with van der Waals surface area (Å²) in [5.41, 5.74) is 3.52. The fourth-order valence-corrected chi connectivity index (χ4v) is 3.13. The molecule has 0 fully saturated rings. The van der Waals surface area contributed by atoms with Crippen molar-refractivity contribution in [2.45, 2.75) is 38.0 Å². The minimum Gasteiger partial charge on any atom is -0.494 e. The van der Waals surface area contributed by atoms with Crippen molar-refractivity contribution in [3.8, 4) is 11.8 Å². The molecule has 0 bridgehead atoms. The zero-order chi connectivity index (χ0) is 16.8. The van der Waals surface area contributed by atoms with Crippen molar-refractivity contribution >= 4 is 0 Å². The minimum atomic E-state index is -0.382. The molecule has 0 heterocycles. The first-order chi connectivity index (χ1) is 11.8. The predicted octanol–water partition coefficient (Wildman–Crippen LogP) is 3.12. The van der Waals surface area contributed by atoms with E-state index in [2.05, 4.69) is 23.5 Å². The molecule has 1 aliphatic rings. The fraction of sp³-hybridized carbons (Fsp3) is 0.350. The van der Waals surface area contributed by atoms with E-state index in [0.29, 0.717) is 26.0 Å². The van der Waals surface area contributed by atoms with Gasteiger partial charge in [-0.25, -0.2) is 0 Å². The van der Waals surface area contributed by atoms with Gasteiger partial charge in [-0.05, 0) is 35.2 Å². The standard InChI is InChI=1S/C20H22N2O2/c21-10-3-4-11-24-17-8-5-6-15(12-17)14-22-20-18-9-2-1-7-16(18)13-19(20)23/h1-2,5-9,12,19-20,22-23H,3-4,11,13-14H2/t19-,20+/m0/s1. The van der Waals surface area contributed by atoms with Gasteiger partial charge in [-0.15, -0.1) is 0 Å². The van der Waals surface area contributed by atoms with Crippen LogP contribution in [0, 0.1) is 11.3 Å². The zero-order valence-electron chi connectivity index (χ0n) is 13.6. The summed E-state index contributed by atoms with van der Waals surface area (Å²) >= 11 is 0. The molecule has 2 aromatic rings. The topological polar surface area (TPSA) is 65.3 Å². The Kier molecular flexibility index (Phi) is 5.47. The molecule has 24 heavy (non-hydrogen) atoms. The number of ether oxygens (including phenoxy) is 1. The van der Waals surface area contributed by atoms with Crippen molar-refractivity contribution in [1.29, 1.82) is 5.26 Å². The average molecular weight is 322 g/mol. The lowest BCUT2D eigenvalue weighted by molar-refractivity contribution is 0.140. The molecule has 0 spiro atoms. The summed E-state index contributed by atoms with van der Waals surface area (Å²) in [5.74, 6) is 0.819. The molecule has 3 rings (SSSR count). The highest BCUT2D eigenvalue weighted by atomic mass is 16.5. The Bertz CT molecular complexity index is 724. The van der Waals surface area contributed by atoms with Gasteiger partial charge in [-0.1, -0.05) is 36.4 Å². The van der Waals surface area contributed by atoms with Crippen LogP contribution in [-0.4, -0.2) is 17.8 Å². The third-order valence-corrected chi connectivity index (χ3v) is 4.33. The number of fused-ring (bicyclic) bond motifs is 1. The van der Waals surface area contributed by atoms with Gasteiger partial charge in [0.05, 0.1) is 24.8 Å².